The molecule has 5 heteroatoms. The smallest absolute Gasteiger partial charge is 0.410 e. The van der Waals surface area contributed by atoms with Crippen LogP contribution in [0.2, 0.25) is 0 Å². The first-order valence-corrected chi connectivity index (χ1v) is 10.2. The van der Waals surface area contributed by atoms with Crippen LogP contribution < -0.4 is 4.74 Å². The third-order valence-electron chi connectivity index (χ3n) is 4.29. The normalized spacial score (nSPS) is 18.6. The zero-order valence-corrected chi connectivity index (χ0v) is 17.2. The number of carbonyl (C=O) groups excluding carboxylic acids is 1. The van der Waals surface area contributed by atoms with Crippen molar-refractivity contribution >= 4 is 22.0 Å². The molecule has 1 saturated heterocycles. The van der Waals surface area contributed by atoms with Gasteiger partial charge in [0.15, 0.2) is 0 Å². The number of rotatable bonds is 5. The average Bonchev–Trinajstić information content (AvgIpc) is 2.78. The van der Waals surface area contributed by atoms with Crippen LogP contribution in [0.5, 0.6) is 5.75 Å². The summed E-state index contributed by atoms with van der Waals surface area (Å²) in [4.78, 5) is 14.1. The minimum Gasteiger partial charge on any atom is -0.493 e. The van der Waals surface area contributed by atoms with Gasteiger partial charge in [-0.25, -0.2) is 4.79 Å². The Balaban J connectivity index is 1.83. The van der Waals surface area contributed by atoms with E-state index in [0.717, 1.165) is 49.9 Å². The summed E-state index contributed by atoms with van der Waals surface area (Å²) < 4.78 is 11.1. The van der Waals surface area contributed by atoms with E-state index in [9.17, 15) is 4.79 Å². The van der Waals surface area contributed by atoms with E-state index in [-0.39, 0.29) is 6.09 Å². The lowest BCUT2D eigenvalue weighted by molar-refractivity contribution is 0.0255. The van der Waals surface area contributed by atoms with E-state index in [0.29, 0.717) is 12.5 Å². The van der Waals surface area contributed by atoms with Crippen molar-refractivity contribution in [2.24, 2.45) is 5.92 Å². The first-order chi connectivity index (χ1) is 11.9. The molecule has 1 fully saturated rings. The third kappa shape index (κ3) is 7.27. The Morgan fingerprint density at radius 3 is 2.56 bits per heavy atom. The number of nitrogens with zero attached hydrogens (tertiary/aromatic N) is 1. The van der Waals surface area contributed by atoms with Gasteiger partial charge in [0.2, 0.25) is 0 Å². The van der Waals surface area contributed by atoms with E-state index in [1.807, 2.05) is 37.8 Å². The van der Waals surface area contributed by atoms with Crippen LogP contribution in [0.4, 0.5) is 4.79 Å². The average molecular weight is 412 g/mol. The quantitative estimate of drug-likeness (QED) is 0.636. The van der Waals surface area contributed by atoms with Crippen LogP contribution in [-0.2, 0) is 11.2 Å². The standard InChI is InChI=1S/C20H30BrNO3/c1-20(2,3)25-19(23)22-12-4-5-16(10-13-22)15-17-6-8-18(9-7-17)24-14-11-21/h6-9,16H,4-5,10-15H2,1-3H3. The molecule has 0 radical (unpaired) electrons. The second kappa shape index (κ2) is 9.46. The van der Waals surface area contributed by atoms with E-state index in [1.165, 1.54) is 5.56 Å². The highest BCUT2D eigenvalue weighted by molar-refractivity contribution is 9.09. The van der Waals surface area contributed by atoms with Gasteiger partial charge in [-0.05, 0) is 70.1 Å². The Morgan fingerprint density at radius 2 is 1.92 bits per heavy atom. The summed E-state index contributed by atoms with van der Waals surface area (Å²) in [5.41, 5.74) is 0.906. The third-order valence-corrected chi connectivity index (χ3v) is 4.62. The molecule has 4 nitrogen and oxygen atoms in total. The molecule has 1 aromatic carbocycles. The number of ether oxygens (including phenoxy) is 2. The van der Waals surface area contributed by atoms with E-state index >= 15 is 0 Å². The predicted octanol–water partition coefficient (Wildman–Crippen LogP) is 5.04. The maximum Gasteiger partial charge on any atom is 0.410 e. The number of halogens is 1. The van der Waals surface area contributed by atoms with E-state index in [1.54, 1.807) is 0 Å². The summed E-state index contributed by atoms with van der Waals surface area (Å²) in [5.74, 6) is 1.53. The van der Waals surface area contributed by atoms with Crippen molar-refractivity contribution in [1.82, 2.24) is 4.90 Å². The van der Waals surface area contributed by atoms with Gasteiger partial charge in [-0.15, -0.1) is 0 Å². The fourth-order valence-electron chi connectivity index (χ4n) is 3.09. The Hall–Kier alpha value is -1.23. The molecule has 1 aliphatic heterocycles. The second-order valence-electron chi connectivity index (χ2n) is 7.65. The lowest BCUT2D eigenvalue weighted by Crippen LogP contribution is -2.37. The SMILES string of the molecule is CC(C)(C)OC(=O)N1CCCC(Cc2ccc(OCCBr)cc2)CC1. The first-order valence-electron chi connectivity index (χ1n) is 9.13. The molecule has 0 aliphatic carbocycles. The number of alkyl halides is 1. The Bertz CT molecular complexity index is 539. The minimum absolute atomic E-state index is 0.179. The van der Waals surface area contributed by atoms with Crippen molar-refractivity contribution in [2.75, 3.05) is 25.0 Å². The van der Waals surface area contributed by atoms with Gasteiger partial charge in [-0.3, -0.25) is 0 Å². The van der Waals surface area contributed by atoms with Crippen molar-refractivity contribution in [3.05, 3.63) is 29.8 Å². The molecule has 0 saturated carbocycles. The van der Waals surface area contributed by atoms with Gasteiger partial charge in [-0.2, -0.15) is 0 Å². The molecule has 0 aromatic heterocycles. The van der Waals surface area contributed by atoms with Gasteiger partial charge in [0, 0.05) is 18.4 Å². The van der Waals surface area contributed by atoms with Crippen LogP contribution in [0, 0.1) is 5.92 Å². The predicted molar refractivity (Wildman–Crippen MR) is 105 cm³/mol. The highest BCUT2D eigenvalue weighted by atomic mass is 79.9. The van der Waals surface area contributed by atoms with Crippen LogP contribution in [-0.4, -0.2) is 41.6 Å². The molecule has 1 aliphatic rings. The number of likely N-dealkylation sites (tertiary alicyclic amines) is 1. The topological polar surface area (TPSA) is 38.8 Å². The van der Waals surface area contributed by atoms with Crippen molar-refractivity contribution in [1.29, 1.82) is 0 Å². The van der Waals surface area contributed by atoms with E-state index in [4.69, 9.17) is 9.47 Å². The summed E-state index contributed by atoms with van der Waals surface area (Å²) in [6.45, 7) is 8.00. The fourth-order valence-corrected chi connectivity index (χ4v) is 3.25. The number of hydrogen-bond donors (Lipinski definition) is 0. The molecule has 0 spiro atoms. The monoisotopic (exact) mass is 411 g/mol. The molecule has 0 bridgehead atoms. The Kier molecular flexibility index (Phi) is 7.60. The molecule has 1 unspecified atom stereocenters. The molecule has 0 N–H and O–H groups in total. The summed E-state index contributed by atoms with van der Waals surface area (Å²) in [7, 11) is 0. The fraction of sp³-hybridized carbons (Fsp3) is 0.650. The van der Waals surface area contributed by atoms with Gasteiger partial charge >= 0.3 is 6.09 Å². The minimum atomic E-state index is -0.429. The van der Waals surface area contributed by atoms with Crippen molar-refractivity contribution in [3.8, 4) is 5.75 Å². The van der Waals surface area contributed by atoms with Gasteiger partial charge in [-0.1, -0.05) is 28.1 Å². The molecule has 1 amide bonds. The lowest BCUT2D eigenvalue weighted by Gasteiger charge is -2.26. The van der Waals surface area contributed by atoms with Crippen molar-refractivity contribution in [2.45, 2.75) is 52.1 Å². The Morgan fingerprint density at radius 1 is 1.20 bits per heavy atom. The molecule has 1 aromatic rings. The number of carbonyl (C=O) groups is 1. The van der Waals surface area contributed by atoms with E-state index in [2.05, 4.69) is 28.1 Å². The molecular formula is C20H30BrNO3. The van der Waals surface area contributed by atoms with Crippen LogP contribution in [0.25, 0.3) is 0 Å². The Labute approximate surface area is 160 Å². The lowest BCUT2D eigenvalue weighted by atomic mass is 9.93. The summed E-state index contributed by atoms with van der Waals surface area (Å²) in [6, 6.07) is 8.39. The van der Waals surface area contributed by atoms with Crippen LogP contribution in [0.3, 0.4) is 0 Å². The van der Waals surface area contributed by atoms with Crippen molar-refractivity contribution < 1.29 is 14.3 Å². The largest absolute Gasteiger partial charge is 0.493 e. The number of benzene rings is 1. The molecule has 1 atom stereocenters. The van der Waals surface area contributed by atoms with E-state index < -0.39 is 5.60 Å². The van der Waals surface area contributed by atoms with Gasteiger partial charge in [0.05, 0.1) is 6.61 Å². The molecule has 2 rings (SSSR count). The maximum absolute atomic E-state index is 12.2. The van der Waals surface area contributed by atoms with Crippen LogP contribution >= 0.6 is 15.9 Å². The molecule has 25 heavy (non-hydrogen) atoms. The summed E-state index contributed by atoms with van der Waals surface area (Å²) >= 11 is 3.36. The van der Waals surface area contributed by atoms with Gasteiger partial charge in [0.25, 0.3) is 0 Å². The second-order valence-corrected chi connectivity index (χ2v) is 8.44. The van der Waals surface area contributed by atoms with Crippen molar-refractivity contribution in [3.63, 3.8) is 0 Å². The number of hydrogen-bond acceptors (Lipinski definition) is 3. The zero-order chi connectivity index (χ0) is 18.3. The molecule has 1 heterocycles. The first kappa shape index (κ1) is 20.1. The van der Waals surface area contributed by atoms with Gasteiger partial charge in [0.1, 0.15) is 11.4 Å². The molecular weight excluding hydrogens is 382 g/mol. The number of amides is 1. The van der Waals surface area contributed by atoms with Gasteiger partial charge < -0.3 is 14.4 Å². The summed E-state index contributed by atoms with van der Waals surface area (Å²) in [6.07, 6.45) is 4.10. The maximum atomic E-state index is 12.2. The zero-order valence-electron chi connectivity index (χ0n) is 15.6. The molecule has 140 valence electrons. The highest BCUT2D eigenvalue weighted by Gasteiger charge is 2.25. The van der Waals surface area contributed by atoms with Crippen LogP contribution in [0.15, 0.2) is 24.3 Å². The highest BCUT2D eigenvalue weighted by Crippen LogP contribution is 2.24. The van der Waals surface area contributed by atoms with Crippen LogP contribution in [0.1, 0.15) is 45.6 Å². The summed E-state index contributed by atoms with van der Waals surface area (Å²) in [5, 5.41) is 0.838.